The van der Waals surface area contributed by atoms with Gasteiger partial charge in [0.15, 0.2) is 0 Å². The molecule has 0 bridgehead atoms. The van der Waals surface area contributed by atoms with Crippen molar-refractivity contribution in [2.75, 3.05) is 0 Å². The number of aliphatic hydroxyl groups excluding tert-OH is 1. The average Bonchev–Trinajstić information content (AvgIpc) is 2.52. The number of hydrogen-bond donors (Lipinski definition) is 2. The third-order valence-corrected chi connectivity index (χ3v) is 3.48. The van der Waals surface area contributed by atoms with Gasteiger partial charge in [-0.05, 0) is 31.2 Å². The van der Waals surface area contributed by atoms with Crippen LogP contribution in [0, 0.1) is 5.92 Å². The summed E-state index contributed by atoms with van der Waals surface area (Å²) in [6.45, 7) is 0.111. The predicted octanol–water partition coefficient (Wildman–Crippen LogP) is 1.92. The van der Waals surface area contributed by atoms with Crippen LogP contribution in [0.3, 0.4) is 0 Å². The van der Waals surface area contributed by atoms with Crippen LogP contribution in [0.2, 0.25) is 0 Å². The fourth-order valence-electron chi connectivity index (χ4n) is 2.24. The molecule has 1 aromatic rings. The van der Waals surface area contributed by atoms with Crippen LogP contribution in [0.5, 0.6) is 0 Å². The Labute approximate surface area is 123 Å². The molecule has 1 saturated carbocycles. The summed E-state index contributed by atoms with van der Waals surface area (Å²) in [6, 6.07) is 9.20. The number of benzene rings is 1. The molecule has 0 aromatic heterocycles. The zero-order valence-corrected chi connectivity index (χ0v) is 11.7. The monoisotopic (exact) mass is 293 g/mol. The van der Waals surface area contributed by atoms with Gasteiger partial charge in [0, 0.05) is 0 Å². The standard InChI is InChI=1S/C15H19NO5/c17-13-8-6-12(7-9-13)14(18)21-16-15(19)20-10-11-4-2-1-3-5-11/h1-5,12-13,17H,6-10H2,(H,16,19). The van der Waals surface area contributed by atoms with Crippen molar-refractivity contribution in [3.63, 3.8) is 0 Å². The maximum absolute atomic E-state index is 11.7. The molecule has 1 aliphatic rings. The minimum Gasteiger partial charge on any atom is -0.443 e. The van der Waals surface area contributed by atoms with Crippen LogP contribution in [0.15, 0.2) is 30.3 Å². The van der Waals surface area contributed by atoms with E-state index in [0.29, 0.717) is 25.7 Å². The summed E-state index contributed by atoms with van der Waals surface area (Å²) >= 11 is 0. The van der Waals surface area contributed by atoms with E-state index < -0.39 is 12.1 Å². The number of rotatable bonds is 3. The zero-order valence-electron chi connectivity index (χ0n) is 11.7. The first-order valence-electron chi connectivity index (χ1n) is 7.00. The third-order valence-electron chi connectivity index (χ3n) is 3.48. The minimum absolute atomic E-state index is 0.111. The van der Waals surface area contributed by atoms with E-state index in [4.69, 9.17) is 9.57 Å². The minimum atomic E-state index is -0.803. The lowest BCUT2D eigenvalue weighted by Gasteiger charge is -2.23. The molecule has 2 N–H and O–H groups in total. The summed E-state index contributed by atoms with van der Waals surface area (Å²) in [4.78, 5) is 27.8. The van der Waals surface area contributed by atoms with Gasteiger partial charge in [0.05, 0.1) is 12.0 Å². The molecular formula is C15H19NO5. The van der Waals surface area contributed by atoms with Crippen molar-refractivity contribution < 1.29 is 24.3 Å². The Hall–Kier alpha value is -2.08. The molecule has 1 aliphatic carbocycles. The van der Waals surface area contributed by atoms with E-state index >= 15 is 0 Å². The third kappa shape index (κ3) is 5.07. The normalized spacial score (nSPS) is 21.4. The molecule has 2 rings (SSSR count). The number of amides is 1. The number of carbonyl (C=O) groups is 2. The molecular weight excluding hydrogens is 274 g/mol. The smallest absolute Gasteiger partial charge is 0.441 e. The van der Waals surface area contributed by atoms with Crippen LogP contribution < -0.4 is 5.48 Å². The van der Waals surface area contributed by atoms with E-state index in [1.54, 1.807) is 0 Å². The van der Waals surface area contributed by atoms with Crippen LogP contribution in [0.25, 0.3) is 0 Å². The number of ether oxygens (including phenoxy) is 1. The highest BCUT2D eigenvalue weighted by Crippen LogP contribution is 2.24. The maximum atomic E-state index is 11.7. The van der Waals surface area contributed by atoms with E-state index in [1.165, 1.54) is 0 Å². The van der Waals surface area contributed by atoms with Gasteiger partial charge in [-0.3, -0.25) is 0 Å². The topological polar surface area (TPSA) is 84.9 Å². The second-order valence-electron chi connectivity index (χ2n) is 5.09. The van der Waals surface area contributed by atoms with Gasteiger partial charge in [-0.25, -0.2) is 9.59 Å². The van der Waals surface area contributed by atoms with Crippen LogP contribution in [0.1, 0.15) is 31.2 Å². The molecule has 1 aromatic carbocycles. The lowest BCUT2D eigenvalue weighted by molar-refractivity contribution is -0.156. The molecule has 1 fully saturated rings. The first-order valence-corrected chi connectivity index (χ1v) is 7.00. The molecule has 114 valence electrons. The van der Waals surface area contributed by atoms with Crippen molar-refractivity contribution in [3.8, 4) is 0 Å². The van der Waals surface area contributed by atoms with Crippen LogP contribution in [0.4, 0.5) is 4.79 Å². The Bertz CT molecular complexity index is 468. The molecule has 0 radical (unpaired) electrons. The van der Waals surface area contributed by atoms with Gasteiger partial charge < -0.3 is 14.7 Å². The Balaban J connectivity index is 1.65. The first kappa shape index (κ1) is 15.3. The summed E-state index contributed by atoms with van der Waals surface area (Å²) in [5.74, 6) is -0.763. The molecule has 0 atom stereocenters. The molecule has 1 amide bonds. The van der Waals surface area contributed by atoms with Crippen LogP contribution in [-0.4, -0.2) is 23.3 Å². The number of carbonyl (C=O) groups excluding carboxylic acids is 2. The molecule has 21 heavy (non-hydrogen) atoms. The van der Waals surface area contributed by atoms with Crippen molar-refractivity contribution in [3.05, 3.63) is 35.9 Å². The van der Waals surface area contributed by atoms with E-state index in [-0.39, 0.29) is 18.6 Å². The largest absolute Gasteiger partial charge is 0.443 e. The second kappa shape index (κ2) is 7.64. The van der Waals surface area contributed by atoms with Gasteiger partial charge in [-0.15, -0.1) is 5.48 Å². The van der Waals surface area contributed by atoms with Gasteiger partial charge in [-0.2, -0.15) is 0 Å². The number of nitrogens with one attached hydrogen (secondary N) is 1. The fourth-order valence-corrected chi connectivity index (χ4v) is 2.24. The van der Waals surface area contributed by atoms with Crippen molar-refractivity contribution in [2.45, 2.75) is 38.4 Å². The molecule has 0 saturated heterocycles. The van der Waals surface area contributed by atoms with E-state index in [0.717, 1.165) is 5.56 Å². The lowest BCUT2D eigenvalue weighted by atomic mass is 9.88. The van der Waals surface area contributed by atoms with Crippen LogP contribution in [-0.2, 0) is 21.0 Å². The lowest BCUT2D eigenvalue weighted by Crippen LogP contribution is -2.33. The first-order chi connectivity index (χ1) is 10.1. The summed E-state index contributed by atoms with van der Waals surface area (Å²) in [5.41, 5.74) is 2.84. The quantitative estimate of drug-likeness (QED) is 0.832. The predicted molar refractivity (Wildman–Crippen MR) is 73.8 cm³/mol. The van der Waals surface area contributed by atoms with Gasteiger partial charge in [0.2, 0.25) is 0 Å². The summed E-state index contributed by atoms with van der Waals surface area (Å²) in [6.07, 6.45) is 1.17. The van der Waals surface area contributed by atoms with Crippen molar-refractivity contribution in [1.82, 2.24) is 5.48 Å². The summed E-state index contributed by atoms with van der Waals surface area (Å²) < 4.78 is 4.92. The van der Waals surface area contributed by atoms with Gasteiger partial charge in [0.25, 0.3) is 0 Å². The van der Waals surface area contributed by atoms with Gasteiger partial charge in [-0.1, -0.05) is 30.3 Å². The SMILES string of the molecule is O=C(NOC(=O)C1CCC(O)CC1)OCc1ccccc1. The molecule has 6 heteroatoms. The van der Waals surface area contributed by atoms with Gasteiger partial charge >= 0.3 is 12.1 Å². The highest BCUT2D eigenvalue weighted by molar-refractivity contribution is 5.75. The maximum Gasteiger partial charge on any atom is 0.441 e. The van der Waals surface area contributed by atoms with E-state index in [1.807, 2.05) is 35.8 Å². The Kier molecular flexibility index (Phi) is 5.57. The van der Waals surface area contributed by atoms with Crippen molar-refractivity contribution in [1.29, 1.82) is 0 Å². The molecule has 0 heterocycles. The average molecular weight is 293 g/mol. The molecule has 0 aliphatic heterocycles. The van der Waals surface area contributed by atoms with E-state index in [9.17, 15) is 14.7 Å². The number of aliphatic hydroxyl groups is 1. The second-order valence-corrected chi connectivity index (χ2v) is 5.09. The molecule has 0 unspecified atom stereocenters. The number of hydroxylamine groups is 1. The van der Waals surface area contributed by atoms with E-state index in [2.05, 4.69) is 0 Å². The Morgan fingerprint density at radius 1 is 1.14 bits per heavy atom. The summed E-state index contributed by atoms with van der Waals surface area (Å²) in [7, 11) is 0. The highest BCUT2D eigenvalue weighted by Gasteiger charge is 2.27. The van der Waals surface area contributed by atoms with Crippen molar-refractivity contribution >= 4 is 12.1 Å². The van der Waals surface area contributed by atoms with Crippen LogP contribution >= 0.6 is 0 Å². The zero-order chi connectivity index (χ0) is 15.1. The molecule has 0 spiro atoms. The van der Waals surface area contributed by atoms with Gasteiger partial charge in [0.1, 0.15) is 6.61 Å². The molecule has 6 nitrogen and oxygen atoms in total. The Morgan fingerprint density at radius 3 is 2.48 bits per heavy atom. The Morgan fingerprint density at radius 2 is 1.81 bits per heavy atom. The fraction of sp³-hybridized carbons (Fsp3) is 0.467. The number of hydrogen-bond acceptors (Lipinski definition) is 5. The highest BCUT2D eigenvalue weighted by atomic mass is 16.7. The van der Waals surface area contributed by atoms with Crippen molar-refractivity contribution in [2.24, 2.45) is 5.92 Å². The summed E-state index contributed by atoms with van der Waals surface area (Å²) in [5, 5.41) is 9.36.